The maximum absolute atomic E-state index is 13.9. The summed E-state index contributed by atoms with van der Waals surface area (Å²) in [6.45, 7) is 5.03. The van der Waals surface area contributed by atoms with E-state index < -0.39 is 0 Å². The van der Waals surface area contributed by atoms with Gasteiger partial charge in [0.1, 0.15) is 5.82 Å². The highest BCUT2D eigenvalue weighted by molar-refractivity contribution is 6.13. The van der Waals surface area contributed by atoms with Gasteiger partial charge in [-0.05, 0) is 58.0 Å². The second kappa shape index (κ2) is 8.42. The fraction of sp³-hybridized carbons (Fsp3) is 0.206. The van der Waals surface area contributed by atoms with Crippen LogP contribution >= 0.6 is 0 Å². The lowest BCUT2D eigenvalue weighted by atomic mass is 9.68. The Morgan fingerprint density at radius 1 is 0.895 bits per heavy atom. The Bertz CT molecular complexity index is 1770. The highest BCUT2D eigenvalue weighted by Gasteiger charge is 2.41. The third kappa shape index (κ3) is 3.66. The first kappa shape index (κ1) is 23.0. The van der Waals surface area contributed by atoms with Crippen molar-refractivity contribution in [1.29, 1.82) is 0 Å². The summed E-state index contributed by atoms with van der Waals surface area (Å²) < 4.78 is 15.8. The van der Waals surface area contributed by atoms with Gasteiger partial charge in [-0.3, -0.25) is 4.79 Å². The molecular formula is C34H29FN2O. The number of allylic oxidation sites excluding steroid dienone is 1. The zero-order chi connectivity index (χ0) is 26.0. The van der Waals surface area contributed by atoms with Gasteiger partial charge in [-0.15, -0.1) is 0 Å². The first-order valence-corrected chi connectivity index (χ1v) is 13.3. The molecule has 0 saturated carbocycles. The standard InChI is InChI=1S/C34H29FN2O/c1-34(2)17-26-31-24-8-4-3-7-22(24)13-16-28(31)36-33(32(26)30(38)18-34)27-20-37(29-10-6-5-9-25(27)29)19-21-11-14-23(35)15-12-21/h3-16,20,33,36H,17-19H2,1-2H3/t33-/m0/s1. The van der Waals surface area contributed by atoms with E-state index in [0.717, 1.165) is 39.7 Å². The Kier molecular flexibility index (Phi) is 5.09. The molecule has 4 aromatic carbocycles. The predicted octanol–water partition coefficient (Wildman–Crippen LogP) is 8.29. The topological polar surface area (TPSA) is 34.0 Å². The van der Waals surface area contributed by atoms with Crippen LogP contribution in [0.5, 0.6) is 0 Å². The molecule has 1 aliphatic heterocycles. The third-order valence-corrected chi connectivity index (χ3v) is 8.14. The minimum Gasteiger partial charge on any atom is -0.373 e. The van der Waals surface area contributed by atoms with Crippen LogP contribution in [0.1, 0.15) is 49.4 Å². The highest BCUT2D eigenvalue weighted by atomic mass is 19.1. The summed E-state index contributed by atoms with van der Waals surface area (Å²) in [6.07, 6.45) is 3.58. The molecule has 1 aliphatic carbocycles. The van der Waals surface area contributed by atoms with Crippen LogP contribution in [0.2, 0.25) is 0 Å². The molecule has 0 unspecified atom stereocenters. The number of rotatable bonds is 3. The summed E-state index contributed by atoms with van der Waals surface area (Å²) in [5.41, 5.74) is 7.46. The van der Waals surface area contributed by atoms with Gasteiger partial charge in [-0.2, -0.15) is 0 Å². The van der Waals surface area contributed by atoms with Crippen LogP contribution in [-0.4, -0.2) is 10.4 Å². The molecule has 1 aromatic heterocycles. The zero-order valence-electron chi connectivity index (χ0n) is 21.6. The monoisotopic (exact) mass is 500 g/mol. The van der Waals surface area contributed by atoms with Crippen molar-refractivity contribution >= 4 is 38.7 Å². The van der Waals surface area contributed by atoms with Crippen LogP contribution in [-0.2, 0) is 11.3 Å². The Morgan fingerprint density at radius 2 is 1.63 bits per heavy atom. The molecule has 2 heterocycles. The van der Waals surface area contributed by atoms with Gasteiger partial charge < -0.3 is 9.88 Å². The van der Waals surface area contributed by atoms with Crippen LogP contribution in [0, 0.1) is 11.2 Å². The molecule has 38 heavy (non-hydrogen) atoms. The fourth-order valence-electron chi connectivity index (χ4n) is 6.49. The minimum absolute atomic E-state index is 0.0946. The number of fused-ring (bicyclic) bond motifs is 5. The number of nitrogens with zero attached hydrogens (tertiary/aromatic N) is 1. The van der Waals surface area contributed by atoms with E-state index in [4.69, 9.17) is 0 Å². The Hall–Kier alpha value is -4.18. The van der Waals surface area contributed by atoms with E-state index in [1.807, 2.05) is 18.2 Å². The molecule has 0 spiro atoms. The molecule has 0 saturated heterocycles. The van der Waals surface area contributed by atoms with Gasteiger partial charge in [-0.25, -0.2) is 4.39 Å². The number of anilines is 1. The molecule has 7 rings (SSSR count). The number of hydrogen-bond acceptors (Lipinski definition) is 2. The molecule has 0 fully saturated rings. The quantitative estimate of drug-likeness (QED) is 0.270. The van der Waals surface area contributed by atoms with E-state index in [1.165, 1.54) is 34.0 Å². The Morgan fingerprint density at radius 3 is 2.45 bits per heavy atom. The SMILES string of the molecule is CC1(C)CC(=O)C2=C(C1)c1c(ccc3ccccc13)N[C@H]2c1cn(Cc2ccc(F)cc2)c2ccccc12. The first-order valence-electron chi connectivity index (χ1n) is 13.3. The molecule has 0 amide bonds. The van der Waals surface area contributed by atoms with E-state index in [2.05, 4.69) is 84.5 Å². The van der Waals surface area contributed by atoms with Crippen LogP contribution in [0.3, 0.4) is 0 Å². The van der Waals surface area contributed by atoms with E-state index in [9.17, 15) is 9.18 Å². The second-order valence-electron chi connectivity index (χ2n) is 11.5. The summed E-state index contributed by atoms with van der Waals surface area (Å²) in [5, 5.41) is 7.30. The minimum atomic E-state index is -0.235. The molecule has 3 nitrogen and oxygen atoms in total. The predicted molar refractivity (Wildman–Crippen MR) is 153 cm³/mol. The molecule has 188 valence electrons. The van der Waals surface area contributed by atoms with E-state index in [1.54, 1.807) is 0 Å². The zero-order valence-corrected chi connectivity index (χ0v) is 21.6. The number of aromatic nitrogens is 1. The number of halogens is 1. The van der Waals surface area contributed by atoms with Crippen molar-refractivity contribution in [1.82, 2.24) is 4.57 Å². The van der Waals surface area contributed by atoms with Crippen LogP contribution in [0.25, 0.3) is 27.2 Å². The van der Waals surface area contributed by atoms with Gasteiger partial charge in [0.15, 0.2) is 5.78 Å². The third-order valence-electron chi connectivity index (χ3n) is 8.14. The lowest BCUT2D eigenvalue weighted by Crippen LogP contribution is -2.33. The average molecular weight is 501 g/mol. The van der Waals surface area contributed by atoms with Gasteiger partial charge in [0.05, 0.1) is 6.04 Å². The van der Waals surface area contributed by atoms with E-state index in [0.29, 0.717) is 13.0 Å². The molecular weight excluding hydrogens is 471 g/mol. The number of para-hydroxylation sites is 1. The smallest absolute Gasteiger partial charge is 0.162 e. The van der Waals surface area contributed by atoms with Crippen molar-refractivity contribution in [3.63, 3.8) is 0 Å². The summed E-state index contributed by atoms with van der Waals surface area (Å²) in [7, 11) is 0. The van der Waals surface area contributed by atoms with Gasteiger partial charge in [0.2, 0.25) is 0 Å². The lowest BCUT2D eigenvalue weighted by Gasteiger charge is -2.40. The van der Waals surface area contributed by atoms with Gasteiger partial charge in [-0.1, -0.05) is 74.5 Å². The number of benzene rings is 4. The van der Waals surface area contributed by atoms with Crippen molar-refractivity contribution in [2.75, 3.05) is 5.32 Å². The average Bonchev–Trinajstić information content (AvgIpc) is 3.26. The number of carbonyl (C=O) groups is 1. The van der Waals surface area contributed by atoms with Crippen LogP contribution in [0.15, 0.2) is 96.7 Å². The number of carbonyl (C=O) groups excluding carboxylic acids is 1. The molecule has 0 bridgehead atoms. The molecule has 1 atom stereocenters. The maximum atomic E-state index is 13.9. The van der Waals surface area contributed by atoms with Crippen LogP contribution < -0.4 is 5.32 Å². The maximum Gasteiger partial charge on any atom is 0.162 e. The van der Waals surface area contributed by atoms with Crippen molar-refractivity contribution in [2.24, 2.45) is 5.41 Å². The molecule has 5 aromatic rings. The van der Waals surface area contributed by atoms with Crippen LogP contribution in [0.4, 0.5) is 10.1 Å². The number of ketones is 1. The summed E-state index contributed by atoms with van der Waals surface area (Å²) in [5.74, 6) is -0.00898. The van der Waals surface area contributed by atoms with Crippen molar-refractivity contribution in [2.45, 2.75) is 39.3 Å². The highest BCUT2D eigenvalue weighted by Crippen LogP contribution is 2.52. The largest absolute Gasteiger partial charge is 0.373 e. The van der Waals surface area contributed by atoms with Gasteiger partial charge in [0.25, 0.3) is 0 Å². The molecule has 4 heteroatoms. The van der Waals surface area contributed by atoms with Gasteiger partial charge >= 0.3 is 0 Å². The molecule has 1 N–H and O–H groups in total. The number of hydrogen-bond donors (Lipinski definition) is 1. The van der Waals surface area contributed by atoms with Crippen molar-refractivity contribution in [3.05, 3.63) is 119 Å². The Balaban J connectivity index is 1.44. The van der Waals surface area contributed by atoms with E-state index in [-0.39, 0.29) is 23.1 Å². The van der Waals surface area contributed by atoms with Crippen molar-refractivity contribution in [3.8, 4) is 0 Å². The number of Topliss-reactive ketones (excluding diaryl/α,β-unsaturated/α-hetero) is 1. The normalized spacial score (nSPS) is 18.4. The molecule has 2 aliphatic rings. The summed E-state index contributed by atoms with van der Waals surface area (Å²) >= 11 is 0. The van der Waals surface area contributed by atoms with Gasteiger partial charge in [0, 0.05) is 52.5 Å². The molecule has 0 radical (unpaired) electrons. The number of nitrogens with one attached hydrogen (secondary N) is 1. The van der Waals surface area contributed by atoms with Crippen molar-refractivity contribution < 1.29 is 9.18 Å². The fourth-order valence-corrected chi connectivity index (χ4v) is 6.49. The first-order chi connectivity index (χ1) is 18.4. The summed E-state index contributed by atoms with van der Waals surface area (Å²) in [4.78, 5) is 13.9. The second-order valence-corrected chi connectivity index (χ2v) is 11.5. The van der Waals surface area contributed by atoms with E-state index >= 15 is 0 Å². The lowest BCUT2D eigenvalue weighted by molar-refractivity contribution is -0.118. The Labute approximate surface area is 221 Å². The summed E-state index contributed by atoms with van der Waals surface area (Å²) in [6, 6.07) is 27.6.